The molecule has 1 amide bonds. The van der Waals surface area contributed by atoms with Crippen LogP contribution >= 0.6 is 0 Å². The van der Waals surface area contributed by atoms with Gasteiger partial charge in [-0.05, 0) is 17.7 Å². The lowest BCUT2D eigenvalue weighted by Gasteiger charge is -2.21. The number of hydrogen-bond donors (Lipinski definition) is 0. The molecule has 0 saturated heterocycles. The molecule has 5 nitrogen and oxygen atoms in total. The minimum Gasteiger partial charge on any atom is -0.496 e. The van der Waals surface area contributed by atoms with Gasteiger partial charge in [-0.1, -0.05) is 36.4 Å². The van der Waals surface area contributed by atoms with Gasteiger partial charge in [-0.2, -0.15) is 0 Å². The van der Waals surface area contributed by atoms with Gasteiger partial charge >= 0.3 is 0 Å². The lowest BCUT2D eigenvalue weighted by molar-refractivity contribution is 0.0849. The Kier molecular flexibility index (Phi) is 4.79. The zero-order valence-corrected chi connectivity index (χ0v) is 13.9. The minimum atomic E-state index is -0.142. The van der Waals surface area contributed by atoms with E-state index < -0.39 is 0 Å². The number of carbonyl (C=O) groups is 1. The van der Waals surface area contributed by atoms with Crippen LogP contribution in [-0.2, 0) is 6.42 Å². The molecule has 0 unspecified atom stereocenters. The summed E-state index contributed by atoms with van der Waals surface area (Å²) < 4.78 is 10.7. The molecule has 3 rings (SSSR count). The molecule has 2 aromatic rings. The van der Waals surface area contributed by atoms with E-state index in [1.165, 1.54) is 0 Å². The van der Waals surface area contributed by atoms with E-state index in [4.69, 9.17) is 9.47 Å². The van der Waals surface area contributed by atoms with Crippen LogP contribution in [0.2, 0.25) is 0 Å². The first-order valence-corrected chi connectivity index (χ1v) is 7.84. The quantitative estimate of drug-likeness (QED) is 0.850. The lowest BCUT2D eigenvalue weighted by Crippen LogP contribution is -2.35. The number of rotatable bonds is 5. The molecule has 0 aliphatic carbocycles. The third-order valence-electron chi connectivity index (χ3n) is 4.02. The summed E-state index contributed by atoms with van der Waals surface area (Å²) in [6, 6.07) is 15.3. The zero-order chi connectivity index (χ0) is 16.9. The maximum atomic E-state index is 13.1. The fourth-order valence-corrected chi connectivity index (χ4v) is 2.84. The van der Waals surface area contributed by atoms with Gasteiger partial charge in [0.1, 0.15) is 22.9 Å². The van der Waals surface area contributed by atoms with E-state index in [-0.39, 0.29) is 5.91 Å². The highest BCUT2D eigenvalue weighted by Crippen LogP contribution is 2.30. The summed E-state index contributed by atoms with van der Waals surface area (Å²) in [4.78, 5) is 19.3. The van der Waals surface area contributed by atoms with Crippen molar-refractivity contribution in [2.45, 2.75) is 6.42 Å². The molecule has 5 heteroatoms. The van der Waals surface area contributed by atoms with E-state index in [1.807, 2.05) is 30.3 Å². The lowest BCUT2D eigenvalue weighted by atomic mass is 10.1. The van der Waals surface area contributed by atoms with Gasteiger partial charge in [0, 0.05) is 13.0 Å². The summed E-state index contributed by atoms with van der Waals surface area (Å²) >= 11 is 0. The summed E-state index contributed by atoms with van der Waals surface area (Å²) in [5, 5.41) is 0. The molecular weight excluding hydrogens is 304 g/mol. The number of amidine groups is 1. The molecule has 1 aliphatic heterocycles. The zero-order valence-electron chi connectivity index (χ0n) is 13.9. The van der Waals surface area contributed by atoms with Crippen LogP contribution in [0.1, 0.15) is 15.9 Å². The monoisotopic (exact) mass is 324 g/mol. The second kappa shape index (κ2) is 7.17. The van der Waals surface area contributed by atoms with Gasteiger partial charge in [0.05, 0.1) is 20.8 Å². The Hall–Kier alpha value is -2.82. The number of carbonyl (C=O) groups excluding carboxylic acids is 1. The van der Waals surface area contributed by atoms with E-state index in [9.17, 15) is 4.79 Å². The van der Waals surface area contributed by atoms with Gasteiger partial charge in [-0.25, -0.2) is 0 Å². The summed E-state index contributed by atoms with van der Waals surface area (Å²) in [5.74, 6) is 1.64. The molecule has 0 bridgehead atoms. The first kappa shape index (κ1) is 16.1. The second-order valence-corrected chi connectivity index (χ2v) is 5.45. The van der Waals surface area contributed by atoms with Gasteiger partial charge in [0.25, 0.3) is 5.91 Å². The third-order valence-corrected chi connectivity index (χ3v) is 4.02. The van der Waals surface area contributed by atoms with Gasteiger partial charge in [-0.15, -0.1) is 0 Å². The Morgan fingerprint density at radius 3 is 2.33 bits per heavy atom. The predicted molar refractivity (Wildman–Crippen MR) is 93.0 cm³/mol. The maximum Gasteiger partial charge on any atom is 0.266 e. The van der Waals surface area contributed by atoms with Gasteiger partial charge in [0.2, 0.25) is 0 Å². The normalized spacial score (nSPS) is 13.6. The van der Waals surface area contributed by atoms with Crippen LogP contribution in [0.5, 0.6) is 11.5 Å². The highest BCUT2D eigenvalue weighted by molar-refractivity contribution is 6.10. The van der Waals surface area contributed by atoms with Crippen LogP contribution in [0, 0.1) is 0 Å². The number of hydrogen-bond acceptors (Lipinski definition) is 4. The van der Waals surface area contributed by atoms with E-state index in [0.29, 0.717) is 36.6 Å². The molecular formula is C19H20N2O3. The first-order chi connectivity index (χ1) is 11.7. The molecule has 0 saturated carbocycles. The van der Waals surface area contributed by atoms with Gasteiger partial charge < -0.3 is 9.47 Å². The van der Waals surface area contributed by atoms with Crippen molar-refractivity contribution in [3.05, 3.63) is 59.7 Å². The van der Waals surface area contributed by atoms with Crippen molar-refractivity contribution in [2.24, 2.45) is 4.99 Å². The number of amides is 1. The largest absolute Gasteiger partial charge is 0.496 e. The van der Waals surface area contributed by atoms with Crippen molar-refractivity contribution >= 4 is 11.7 Å². The van der Waals surface area contributed by atoms with Crippen LogP contribution in [-0.4, -0.2) is 44.0 Å². The first-order valence-electron chi connectivity index (χ1n) is 7.84. The highest BCUT2D eigenvalue weighted by Gasteiger charge is 2.29. The molecule has 0 radical (unpaired) electrons. The van der Waals surface area contributed by atoms with E-state index in [0.717, 1.165) is 11.4 Å². The summed E-state index contributed by atoms with van der Waals surface area (Å²) in [7, 11) is 3.10. The van der Waals surface area contributed by atoms with E-state index in [1.54, 1.807) is 37.3 Å². The summed E-state index contributed by atoms with van der Waals surface area (Å²) in [5.41, 5.74) is 1.56. The fourth-order valence-electron chi connectivity index (χ4n) is 2.84. The number of aliphatic imine (C=N–C) groups is 1. The second-order valence-electron chi connectivity index (χ2n) is 5.45. The highest BCUT2D eigenvalue weighted by atomic mass is 16.5. The van der Waals surface area contributed by atoms with E-state index in [2.05, 4.69) is 4.99 Å². The Morgan fingerprint density at radius 2 is 1.71 bits per heavy atom. The Labute approximate surface area is 141 Å². The van der Waals surface area contributed by atoms with Crippen molar-refractivity contribution in [2.75, 3.05) is 27.3 Å². The Morgan fingerprint density at radius 1 is 1.04 bits per heavy atom. The fraction of sp³-hybridized carbons (Fsp3) is 0.263. The number of ether oxygens (including phenoxy) is 2. The van der Waals surface area contributed by atoms with Crippen LogP contribution in [0.25, 0.3) is 0 Å². The van der Waals surface area contributed by atoms with Crippen molar-refractivity contribution in [1.82, 2.24) is 4.90 Å². The van der Waals surface area contributed by atoms with Crippen molar-refractivity contribution in [3.63, 3.8) is 0 Å². The smallest absolute Gasteiger partial charge is 0.266 e. The van der Waals surface area contributed by atoms with Crippen LogP contribution in [0.4, 0.5) is 0 Å². The SMILES string of the molecule is COc1cccc(OC)c1C(=O)N1CCN=C1Cc1ccccc1. The average molecular weight is 324 g/mol. The van der Waals surface area contributed by atoms with Crippen molar-refractivity contribution in [3.8, 4) is 11.5 Å². The van der Waals surface area contributed by atoms with Crippen molar-refractivity contribution in [1.29, 1.82) is 0 Å². The Bertz CT molecular complexity index is 734. The summed E-state index contributed by atoms with van der Waals surface area (Å²) in [6.07, 6.45) is 0.629. The average Bonchev–Trinajstić information content (AvgIpc) is 3.09. The molecule has 0 fully saturated rings. The Balaban J connectivity index is 1.89. The van der Waals surface area contributed by atoms with Gasteiger partial charge in [-0.3, -0.25) is 14.7 Å². The topological polar surface area (TPSA) is 51.1 Å². The molecule has 0 spiro atoms. The molecule has 1 aliphatic rings. The molecule has 0 aromatic heterocycles. The van der Waals surface area contributed by atoms with Crippen molar-refractivity contribution < 1.29 is 14.3 Å². The predicted octanol–water partition coefficient (Wildman–Crippen LogP) is 2.80. The number of methoxy groups -OCH3 is 2. The molecule has 24 heavy (non-hydrogen) atoms. The number of nitrogens with zero attached hydrogens (tertiary/aromatic N) is 2. The molecule has 0 atom stereocenters. The third kappa shape index (κ3) is 3.11. The van der Waals surface area contributed by atoms with Crippen LogP contribution in [0.15, 0.2) is 53.5 Å². The molecule has 124 valence electrons. The maximum absolute atomic E-state index is 13.1. The minimum absolute atomic E-state index is 0.142. The molecule has 1 heterocycles. The van der Waals surface area contributed by atoms with Gasteiger partial charge in [0.15, 0.2) is 0 Å². The number of benzene rings is 2. The molecule has 0 N–H and O–H groups in total. The van der Waals surface area contributed by atoms with E-state index >= 15 is 0 Å². The van der Waals surface area contributed by atoms with Crippen LogP contribution in [0.3, 0.4) is 0 Å². The van der Waals surface area contributed by atoms with Crippen LogP contribution < -0.4 is 9.47 Å². The molecule has 2 aromatic carbocycles. The standard InChI is InChI=1S/C19H20N2O3/c1-23-15-9-6-10-16(24-2)18(15)19(22)21-12-11-20-17(21)13-14-7-4-3-5-8-14/h3-10H,11-13H2,1-2H3. The summed E-state index contributed by atoms with van der Waals surface area (Å²) in [6.45, 7) is 1.19.